The average Bonchev–Trinajstić information content (AvgIpc) is 2.66. The number of carbonyl (C=O) groups is 1. The Morgan fingerprint density at radius 2 is 2.44 bits per heavy atom. The molecule has 1 saturated heterocycles. The Kier molecular flexibility index (Phi) is 2.92. The van der Waals surface area contributed by atoms with E-state index in [4.69, 9.17) is 0 Å². The topological polar surface area (TPSA) is 54.0 Å². The van der Waals surface area contributed by atoms with Crippen LogP contribution in [0, 0.1) is 12.3 Å². The van der Waals surface area contributed by atoms with Gasteiger partial charge in [-0.2, -0.15) is 0 Å². The molecule has 2 rings (SSSR count). The van der Waals surface area contributed by atoms with Gasteiger partial charge in [0.25, 0.3) is 0 Å². The molecule has 1 atom stereocenters. The van der Waals surface area contributed by atoms with Crippen molar-refractivity contribution < 1.29 is 4.79 Å². The Morgan fingerprint density at radius 1 is 1.62 bits per heavy atom. The lowest BCUT2D eigenvalue weighted by atomic mass is 9.89. The highest BCUT2D eigenvalue weighted by Gasteiger charge is 2.36. The lowest BCUT2D eigenvalue weighted by Gasteiger charge is -2.21. The smallest absolute Gasteiger partial charge is 0.231 e. The normalized spacial score (nSPS) is 24.4. The Labute approximate surface area is 95.5 Å². The molecule has 1 aliphatic rings. The molecule has 0 radical (unpaired) electrons. The molecule has 4 heteroatoms. The third kappa shape index (κ3) is 2.22. The van der Waals surface area contributed by atoms with Gasteiger partial charge in [-0.3, -0.25) is 9.78 Å². The Hall–Kier alpha value is -1.42. The van der Waals surface area contributed by atoms with E-state index in [1.165, 1.54) is 0 Å². The first-order chi connectivity index (χ1) is 7.60. The van der Waals surface area contributed by atoms with Crippen molar-refractivity contribution in [3.05, 3.63) is 24.0 Å². The molecule has 4 nitrogen and oxygen atoms in total. The number of anilines is 1. The first-order valence-corrected chi connectivity index (χ1v) is 5.55. The maximum atomic E-state index is 12.1. The average molecular weight is 219 g/mol. The second kappa shape index (κ2) is 4.22. The summed E-state index contributed by atoms with van der Waals surface area (Å²) in [6.45, 7) is 5.58. The molecule has 16 heavy (non-hydrogen) atoms. The van der Waals surface area contributed by atoms with Crippen LogP contribution in [-0.4, -0.2) is 24.0 Å². The van der Waals surface area contributed by atoms with E-state index in [1.54, 1.807) is 6.20 Å². The fourth-order valence-corrected chi connectivity index (χ4v) is 1.92. The van der Waals surface area contributed by atoms with Gasteiger partial charge in [0.2, 0.25) is 5.91 Å². The van der Waals surface area contributed by atoms with Crippen LogP contribution in [0.4, 0.5) is 5.69 Å². The van der Waals surface area contributed by atoms with Crippen LogP contribution in [0.5, 0.6) is 0 Å². The van der Waals surface area contributed by atoms with Crippen molar-refractivity contribution in [3.8, 4) is 0 Å². The summed E-state index contributed by atoms with van der Waals surface area (Å²) < 4.78 is 0. The number of rotatable bonds is 2. The zero-order valence-corrected chi connectivity index (χ0v) is 9.71. The number of hydrogen-bond acceptors (Lipinski definition) is 3. The lowest BCUT2D eigenvalue weighted by Crippen LogP contribution is -2.35. The molecule has 0 spiro atoms. The summed E-state index contributed by atoms with van der Waals surface area (Å²) in [5, 5.41) is 6.16. The predicted molar refractivity (Wildman–Crippen MR) is 63.2 cm³/mol. The number of nitrogens with zero attached hydrogens (tertiary/aromatic N) is 1. The van der Waals surface area contributed by atoms with Crippen LogP contribution in [0.2, 0.25) is 0 Å². The van der Waals surface area contributed by atoms with Gasteiger partial charge in [-0.25, -0.2) is 0 Å². The van der Waals surface area contributed by atoms with E-state index in [-0.39, 0.29) is 11.3 Å². The maximum Gasteiger partial charge on any atom is 0.231 e. The van der Waals surface area contributed by atoms with Gasteiger partial charge in [0, 0.05) is 24.1 Å². The minimum absolute atomic E-state index is 0.0862. The van der Waals surface area contributed by atoms with Gasteiger partial charge >= 0.3 is 0 Å². The number of nitrogens with one attached hydrogen (secondary N) is 2. The summed E-state index contributed by atoms with van der Waals surface area (Å²) in [5.74, 6) is 0.0862. The maximum absolute atomic E-state index is 12.1. The SMILES string of the molecule is Cc1cc(NC(=O)C2(C)CCNC2)ccn1. The van der Waals surface area contributed by atoms with Gasteiger partial charge in [-0.15, -0.1) is 0 Å². The van der Waals surface area contributed by atoms with Gasteiger partial charge < -0.3 is 10.6 Å². The number of aryl methyl sites for hydroxylation is 1. The number of pyridine rings is 1. The van der Waals surface area contributed by atoms with Crippen LogP contribution in [-0.2, 0) is 4.79 Å². The quantitative estimate of drug-likeness (QED) is 0.789. The van der Waals surface area contributed by atoms with Crippen molar-refractivity contribution >= 4 is 11.6 Å². The number of carbonyl (C=O) groups excluding carboxylic acids is 1. The number of hydrogen-bond donors (Lipinski definition) is 2. The molecular weight excluding hydrogens is 202 g/mol. The van der Waals surface area contributed by atoms with Gasteiger partial charge in [0.15, 0.2) is 0 Å². The summed E-state index contributed by atoms with van der Waals surface area (Å²) in [6, 6.07) is 3.69. The minimum Gasteiger partial charge on any atom is -0.325 e. The third-order valence-corrected chi connectivity index (χ3v) is 3.07. The van der Waals surface area contributed by atoms with Crippen molar-refractivity contribution in [2.24, 2.45) is 5.41 Å². The van der Waals surface area contributed by atoms with Crippen LogP contribution in [0.1, 0.15) is 19.0 Å². The highest BCUT2D eigenvalue weighted by atomic mass is 16.2. The Balaban J connectivity index is 2.07. The standard InChI is InChI=1S/C12H17N3O/c1-9-7-10(3-5-14-9)15-11(16)12(2)4-6-13-8-12/h3,5,7,13H,4,6,8H2,1-2H3,(H,14,15,16). The first kappa shape index (κ1) is 11.1. The molecule has 0 saturated carbocycles. The van der Waals surface area contributed by atoms with Gasteiger partial charge in [0.05, 0.1) is 5.41 Å². The molecule has 2 N–H and O–H groups in total. The van der Waals surface area contributed by atoms with E-state index in [0.29, 0.717) is 0 Å². The second-order valence-corrected chi connectivity index (χ2v) is 4.63. The van der Waals surface area contributed by atoms with Crippen LogP contribution in [0.25, 0.3) is 0 Å². The van der Waals surface area contributed by atoms with Gasteiger partial charge in [0.1, 0.15) is 0 Å². The number of amides is 1. The summed E-state index contributed by atoms with van der Waals surface area (Å²) in [5.41, 5.74) is 1.45. The third-order valence-electron chi connectivity index (χ3n) is 3.07. The zero-order chi connectivity index (χ0) is 11.6. The molecule has 0 bridgehead atoms. The first-order valence-electron chi connectivity index (χ1n) is 5.55. The highest BCUT2D eigenvalue weighted by Crippen LogP contribution is 2.26. The molecule has 86 valence electrons. The molecule has 0 aromatic carbocycles. The lowest BCUT2D eigenvalue weighted by molar-refractivity contribution is -0.123. The van der Waals surface area contributed by atoms with E-state index in [2.05, 4.69) is 15.6 Å². The van der Waals surface area contributed by atoms with Crippen LogP contribution < -0.4 is 10.6 Å². The monoisotopic (exact) mass is 219 g/mol. The summed E-state index contributed by atoms with van der Waals surface area (Å²) in [7, 11) is 0. The van der Waals surface area contributed by atoms with E-state index in [9.17, 15) is 4.79 Å². The van der Waals surface area contributed by atoms with Crippen LogP contribution in [0.3, 0.4) is 0 Å². The van der Waals surface area contributed by atoms with Gasteiger partial charge in [-0.05, 0) is 38.9 Å². The zero-order valence-electron chi connectivity index (χ0n) is 9.71. The predicted octanol–water partition coefficient (Wildman–Crippen LogP) is 1.33. The van der Waals surface area contributed by atoms with Crippen molar-refractivity contribution in [1.29, 1.82) is 0 Å². The van der Waals surface area contributed by atoms with E-state index in [1.807, 2.05) is 26.0 Å². The molecule has 1 aliphatic heterocycles. The summed E-state index contributed by atoms with van der Waals surface area (Å²) in [4.78, 5) is 16.2. The molecule has 1 amide bonds. The van der Waals surface area contributed by atoms with E-state index in [0.717, 1.165) is 30.9 Å². The Bertz CT molecular complexity index is 397. The Morgan fingerprint density at radius 3 is 3.06 bits per heavy atom. The molecule has 1 fully saturated rings. The molecule has 1 unspecified atom stereocenters. The summed E-state index contributed by atoms with van der Waals surface area (Å²) in [6.07, 6.45) is 2.60. The van der Waals surface area contributed by atoms with Crippen molar-refractivity contribution in [3.63, 3.8) is 0 Å². The van der Waals surface area contributed by atoms with Crippen LogP contribution >= 0.6 is 0 Å². The van der Waals surface area contributed by atoms with Crippen molar-refractivity contribution in [2.75, 3.05) is 18.4 Å². The van der Waals surface area contributed by atoms with E-state index < -0.39 is 0 Å². The highest BCUT2D eigenvalue weighted by molar-refractivity contribution is 5.95. The van der Waals surface area contributed by atoms with E-state index >= 15 is 0 Å². The van der Waals surface area contributed by atoms with Crippen LogP contribution in [0.15, 0.2) is 18.3 Å². The van der Waals surface area contributed by atoms with Gasteiger partial charge in [-0.1, -0.05) is 0 Å². The largest absolute Gasteiger partial charge is 0.325 e. The fraction of sp³-hybridized carbons (Fsp3) is 0.500. The molecular formula is C12H17N3O. The molecule has 1 aromatic heterocycles. The molecule has 1 aromatic rings. The molecule has 0 aliphatic carbocycles. The number of aromatic nitrogens is 1. The summed E-state index contributed by atoms with van der Waals surface area (Å²) >= 11 is 0. The second-order valence-electron chi connectivity index (χ2n) is 4.63. The minimum atomic E-state index is -0.281. The molecule has 2 heterocycles. The van der Waals surface area contributed by atoms with Crippen molar-refractivity contribution in [2.45, 2.75) is 20.3 Å². The van der Waals surface area contributed by atoms with Crippen molar-refractivity contribution in [1.82, 2.24) is 10.3 Å². The fourth-order valence-electron chi connectivity index (χ4n) is 1.92.